The van der Waals surface area contributed by atoms with Crippen molar-refractivity contribution in [2.45, 2.75) is 25.0 Å². The standard InChI is InChI=1S/C22H22N2O4S/c25-18(16-2-1-9-23-11-16)13-24-12-17-5-3-14-10-15(4-6-19(14)28-17)20-7-8-21(29-20)22(26)27/h1-2,4,6-11,17-18,24-25H,3,5,12-13H2,(H,26,27)/t17-,18+/m1/s1. The predicted octanol–water partition coefficient (Wildman–Crippen LogP) is 3.53. The van der Waals surface area contributed by atoms with E-state index >= 15 is 0 Å². The first-order valence-electron chi connectivity index (χ1n) is 9.52. The molecule has 0 spiro atoms. The summed E-state index contributed by atoms with van der Waals surface area (Å²) >= 11 is 1.28. The van der Waals surface area contributed by atoms with Gasteiger partial charge in [0.05, 0.1) is 6.10 Å². The minimum absolute atomic E-state index is 0.0507. The Morgan fingerprint density at radius 1 is 1.31 bits per heavy atom. The lowest BCUT2D eigenvalue weighted by molar-refractivity contribution is 0.0702. The number of carbonyl (C=O) groups is 1. The van der Waals surface area contributed by atoms with E-state index in [1.165, 1.54) is 11.3 Å². The highest BCUT2D eigenvalue weighted by molar-refractivity contribution is 7.17. The topological polar surface area (TPSA) is 91.7 Å². The number of aliphatic hydroxyl groups excluding tert-OH is 1. The van der Waals surface area contributed by atoms with Crippen LogP contribution in [0.25, 0.3) is 10.4 Å². The summed E-state index contributed by atoms with van der Waals surface area (Å²) in [5, 5.41) is 22.6. The van der Waals surface area contributed by atoms with Crippen LogP contribution in [0.5, 0.6) is 5.75 Å². The third kappa shape index (κ3) is 4.64. The fourth-order valence-electron chi connectivity index (χ4n) is 3.42. The molecule has 6 nitrogen and oxygen atoms in total. The molecule has 1 aromatic carbocycles. The Morgan fingerprint density at radius 3 is 2.97 bits per heavy atom. The number of carboxylic acid groups (broad SMARTS) is 1. The number of fused-ring (bicyclic) bond motifs is 1. The second kappa shape index (κ2) is 8.73. The first kappa shape index (κ1) is 19.6. The number of hydrogen-bond acceptors (Lipinski definition) is 6. The van der Waals surface area contributed by atoms with Crippen LogP contribution < -0.4 is 10.1 Å². The number of hydrogen-bond donors (Lipinski definition) is 3. The molecule has 0 aliphatic carbocycles. The molecule has 0 bridgehead atoms. The van der Waals surface area contributed by atoms with Gasteiger partial charge in [-0.25, -0.2) is 4.79 Å². The van der Waals surface area contributed by atoms with Gasteiger partial charge in [-0.2, -0.15) is 0 Å². The van der Waals surface area contributed by atoms with E-state index in [1.54, 1.807) is 18.5 Å². The fraction of sp³-hybridized carbons (Fsp3) is 0.273. The largest absolute Gasteiger partial charge is 0.489 e. The van der Waals surface area contributed by atoms with Gasteiger partial charge in [0, 0.05) is 35.9 Å². The molecule has 0 saturated carbocycles. The molecule has 3 N–H and O–H groups in total. The molecular weight excluding hydrogens is 388 g/mol. The van der Waals surface area contributed by atoms with Crippen LogP contribution in [0.1, 0.15) is 33.3 Å². The zero-order chi connectivity index (χ0) is 20.2. The number of benzene rings is 1. The van der Waals surface area contributed by atoms with Crippen LogP contribution in [0.2, 0.25) is 0 Å². The van der Waals surface area contributed by atoms with Gasteiger partial charge in [0.15, 0.2) is 0 Å². The molecule has 4 rings (SSSR count). The highest BCUT2D eigenvalue weighted by Gasteiger charge is 2.21. The summed E-state index contributed by atoms with van der Waals surface area (Å²) in [6.45, 7) is 1.10. The summed E-state index contributed by atoms with van der Waals surface area (Å²) in [5.74, 6) is -0.0267. The molecule has 2 atom stereocenters. The van der Waals surface area contributed by atoms with Crippen molar-refractivity contribution in [3.05, 3.63) is 70.9 Å². The van der Waals surface area contributed by atoms with Gasteiger partial charge in [0.25, 0.3) is 0 Å². The van der Waals surface area contributed by atoms with Gasteiger partial charge < -0.3 is 20.3 Å². The quantitative estimate of drug-likeness (QED) is 0.552. The summed E-state index contributed by atoms with van der Waals surface area (Å²) in [7, 11) is 0. The molecule has 150 valence electrons. The average molecular weight is 410 g/mol. The van der Waals surface area contributed by atoms with Crippen molar-refractivity contribution < 1.29 is 19.7 Å². The lowest BCUT2D eigenvalue weighted by atomic mass is 9.99. The highest BCUT2D eigenvalue weighted by Crippen LogP contribution is 2.34. The number of rotatable bonds is 7. The number of pyridine rings is 1. The number of carboxylic acids is 1. The molecule has 1 aliphatic rings. The van der Waals surface area contributed by atoms with Gasteiger partial charge in [0.1, 0.15) is 16.7 Å². The van der Waals surface area contributed by atoms with Crippen LogP contribution in [0.4, 0.5) is 0 Å². The molecule has 2 aromatic heterocycles. The van der Waals surface area contributed by atoms with Crippen molar-refractivity contribution in [3.63, 3.8) is 0 Å². The Morgan fingerprint density at radius 2 is 2.21 bits per heavy atom. The smallest absolute Gasteiger partial charge is 0.345 e. The van der Waals surface area contributed by atoms with Crippen molar-refractivity contribution in [1.82, 2.24) is 10.3 Å². The third-order valence-electron chi connectivity index (χ3n) is 4.97. The monoisotopic (exact) mass is 410 g/mol. The molecule has 3 aromatic rings. The third-order valence-corrected chi connectivity index (χ3v) is 6.09. The van der Waals surface area contributed by atoms with E-state index in [-0.39, 0.29) is 6.10 Å². The number of aromatic carboxylic acids is 1. The zero-order valence-electron chi connectivity index (χ0n) is 15.7. The summed E-state index contributed by atoms with van der Waals surface area (Å²) in [6, 6.07) is 13.2. The number of nitrogens with zero attached hydrogens (tertiary/aromatic N) is 1. The van der Waals surface area contributed by atoms with Crippen molar-refractivity contribution in [3.8, 4) is 16.2 Å². The van der Waals surface area contributed by atoms with Gasteiger partial charge in [-0.1, -0.05) is 6.07 Å². The Balaban J connectivity index is 1.33. The zero-order valence-corrected chi connectivity index (χ0v) is 16.6. The number of aromatic nitrogens is 1. The van der Waals surface area contributed by atoms with Gasteiger partial charge in [0.2, 0.25) is 0 Å². The van der Waals surface area contributed by atoms with Crippen LogP contribution >= 0.6 is 11.3 Å². The van der Waals surface area contributed by atoms with E-state index < -0.39 is 12.1 Å². The first-order valence-corrected chi connectivity index (χ1v) is 10.3. The second-order valence-corrected chi connectivity index (χ2v) is 8.11. The van der Waals surface area contributed by atoms with Gasteiger partial charge in [-0.15, -0.1) is 11.3 Å². The molecule has 0 amide bonds. The molecule has 0 unspecified atom stereocenters. The maximum absolute atomic E-state index is 11.1. The predicted molar refractivity (Wildman–Crippen MR) is 112 cm³/mol. The lowest BCUT2D eigenvalue weighted by Gasteiger charge is -2.27. The molecular formula is C22H22N2O4S. The number of aliphatic hydroxyl groups is 1. The Hall–Kier alpha value is -2.74. The molecule has 0 saturated heterocycles. The number of ether oxygens (including phenoxy) is 1. The molecule has 0 fully saturated rings. The summed E-state index contributed by atoms with van der Waals surface area (Å²) < 4.78 is 6.11. The normalized spacial score (nSPS) is 16.7. The van der Waals surface area contributed by atoms with E-state index in [4.69, 9.17) is 9.84 Å². The van der Waals surface area contributed by atoms with Crippen LogP contribution in [-0.4, -0.2) is 40.4 Å². The Labute approximate surface area is 172 Å². The van der Waals surface area contributed by atoms with E-state index in [0.29, 0.717) is 18.0 Å². The molecule has 0 radical (unpaired) electrons. The van der Waals surface area contributed by atoms with E-state index in [1.807, 2.05) is 30.3 Å². The minimum Gasteiger partial charge on any atom is -0.489 e. The maximum atomic E-state index is 11.1. The maximum Gasteiger partial charge on any atom is 0.345 e. The van der Waals surface area contributed by atoms with E-state index in [0.717, 1.165) is 40.2 Å². The van der Waals surface area contributed by atoms with Crippen LogP contribution in [0, 0.1) is 0 Å². The summed E-state index contributed by atoms with van der Waals surface area (Å²) in [6.07, 6.45) is 4.60. The Bertz CT molecular complexity index is 989. The molecule has 1 aliphatic heterocycles. The second-order valence-electron chi connectivity index (χ2n) is 7.03. The van der Waals surface area contributed by atoms with Crippen LogP contribution in [0.3, 0.4) is 0 Å². The van der Waals surface area contributed by atoms with Crippen LogP contribution in [0.15, 0.2) is 54.9 Å². The highest BCUT2D eigenvalue weighted by atomic mass is 32.1. The van der Waals surface area contributed by atoms with Crippen LogP contribution in [-0.2, 0) is 6.42 Å². The first-order chi connectivity index (χ1) is 14.1. The van der Waals surface area contributed by atoms with Gasteiger partial charge >= 0.3 is 5.97 Å². The van der Waals surface area contributed by atoms with E-state index in [2.05, 4.69) is 16.4 Å². The molecule has 7 heteroatoms. The van der Waals surface area contributed by atoms with Gasteiger partial charge in [-0.3, -0.25) is 4.98 Å². The van der Waals surface area contributed by atoms with Crippen molar-refractivity contribution >= 4 is 17.3 Å². The Kier molecular flexibility index (Phi) is 5.89. The SMILES string of the molecule is O=C(O)c1ccc(-c2ccc3c(c2)CC[C@H](CNC[C@H](O)c2cccnc2)O3)s1. The fourth-order valence-corrected chi connectivity index (χ4v) is 4.26. The summed E-state index contributed by atoms with van der Waals surface area (Å²) in [4.78, 5) is 16.4. The van der Waals surface area contributed by atoms with Gasteiger partial charge in [-0.05, 0) is 60.4 Å². The number of thiophene rings is 1. The lowest BCUT2D eigenvalue weighted by Crippen LogP contribution is -2.36. The van der Waals surface area contributed by atoms with Crippen molar-refractivity contribution in [2.75, 3.05) is 13.1 Å². The van der Waals surface area contributed by atoms with Crippen molar-refractivity contribution in [1.29, 1.82) is 0 Å². The summed E-state index contributed by atoms with van der Waals surface area (Å²) in [5.41, 5.74) is 2.95. The number of aryl methyl sites for hydroxylation is 1. The number of nitrogens with one attached hydrogen (secondary N) is 1. The minimum atomic E-state index is -0.897. The molecule has 29 heavy (non-hydrogen) atoms. The molecule has 3 heterocycles. The van der Waals surface area contributed by atoms with Crippen molar-refractivity contribution in [2.24, 2.45) is 0 Å². The van der Waals surface area contributed by atoms with E-state index in [9.17, 15) is 9.90 Å². The average Bonchev–Trinajstić information content (AvgIpc) is 3.24.